The highest BCUT2D eigenvalue weighted by molar-refractivity contribution is 5.79. The van der Waals surface area contributed by atoms with Crippen molar-refractivity contribution in [3.05, 3.63) is 0 Å². The second kappa shape index (κ2) is 4.97. The van der Waals surface area contributed by atoms with Gasteiger partial charge in [0.25, 0.3) is 0 Å². The van der Waals surface area contributed by atoms with Crippen LogP contribution in [0.2, 0.25) is 0 Å². The predicted octanol–water partition coefficient (Wildman–Crippen LogP) is 2.45. The second-order valence-corrected chi connectivity index (χ2v) is 6.01. The van der Waals surface area contributed by atoms with Gasteiger partial charge in [-0.1, -0.05) is 13.8 Å². The Kier molecular flexibility index (Phi) is 3.76. The van der Waals surface area contributed by atoms with Crippen LogP contribution in [0.3, 0.4) is 0 Å². The van der Waals surface area contributed by atoms with Crippen molar-refractivity contribution in [2.24, 2.45) is 11.3 Å². The molecule has 2 atom stereocenters. The lowest BCUT2D eigenvalue weighted by Gasteiger charge is -2.40. The maximum atomic E-state index is 12.5. The molecule has 1 unspecified atom stereocenters. The molecule has 0 aromatic carbocycles. The van der Waals surface area contributed by atoms with Crippen molar-refractivity contribution in [1.29, 1.82) is 0 Å². The van der Waals surface area contributed by atoms with Crippen molar-refractivity contribution in [2.75, 3.05) is 19.8 Å². The van der Waals surface area contributed by atoms with Crippen molar-refractivity contribution < 1.29 is 9.53 Å². The molecule has 0 N–H and O–H groups in total. The largest absolute Gasteiger partial charge is 0.381 e. The number of carbonyl (C=O) groups excluding carboxylic acids is 1. The van der Waals surface area contributed by atoms with Gasteiger partial charge >= 0.3 is 0 Å². The van der Waals surface area contributed by atoms with Crippen LogP contribution in [0.5, 0.6) is 0 Å². The summed E-state index contributed by atoms with van der Waals surface area (Å²) >= 11 is 0. The molecule has 3 heteroatoms. The van der Waals surface area contributed by atoms with Crippen LogP contribution in [0.1, 0.15) is 46.5 Å². The lowest BCUT2D eigenvalue weighted by molar-refractivity contribution is -0.142. The Balaban J connectivity index is 2.03. The number of likely N-dealkylation sites (tertiary alicyclic amines) is 1. The van der Waals surface area contributed by atoms with E-state index in [0.29, 0.717) is 11.9 Å². The summed E-state index contributed by atoms with van der Waals surface area (Å²) < 4.78 is 5.42. The van der Waals surface area contributed by atoms with Crippen molar-refractivity contribution in [2.45, 2.75) is 52.5 Å². The molecule has 98 valence electrons. The minimum absolute atomic E-state index is 0.131. The summed E-state index contributed by atoms with van der Waals surface area (Å²) in [5.41, 5.74) is 0.137. The average molecular weight is 239 g/mol. The van der Waals surface area contributed by atoms with Crippen molar-refractivity contribution in [3.8, 4) is 0 Å². The molecule has 0 aromatic heterocycles. The van der Waals surface area contributed by atoms with Crippen LogP contribution in [0, 0.1) is 11.3 Å². The van der Waals surface area contributed by atoms with E-state index in [1.165, 1.54) is 6.42 Å². The summed E-state index contributed by atoms with van der Waals surface area (Å²) in [5.74, 6) is 0.492. The smallest absolute Gasteiger partial charge is 0.226 e. The lowest BCUT2D eigenvalue weighted by atomic mass is 9.71. The van der Waals surface area contributed by atoms with Crippen molar-refractivity contribution in [3.63, 3.8) is 0 Å². The van der Waals surface area contributed by atoms with E-state index in [9.17, 15) is 4.79 Å². The Bertz CT molecular complexity index is 284. The minimum atomic E-state index is 0.131. The van der Waals surface area contributed by atoms with E-state index in [1.54, 1.807) is 0 Å². The van der Waals surface area contributed by atoms with E-state index < -0.39 is 0 Å². The van der Waals surface area contributed by atoms with Gasteiger partial charge in [0.2, 0.25) is 5.91 Å². The number of hydrogen-bond acceptors (Lipinski definition) is 2. The zero-order valence-corrected chi connectivity index (χ0v) is 11.4. The summed E-state index contributed by atoms with van der Waals surface area (Å²) in [6.45, 7) is 9.10. The van der Waals surface area contributed by atoms with Crippen LogP contribution in [0.4, 0.5) is 0 Å². The van der Waals surface area contributed by atoms with Crippen LogP contribution < -0.4 is 0 Å². The lowest BCUT2D eigenvalue weighted by Crippen LogP contribution is -2.45. The molecule has 2 fully saturated rings. The maximum absolute atomic E-state index is 12.5. The Morgan fingerprint density at radius 3 is 2.59 bits per heavy atom. The fraction of sp³-hybridized carbons (Fsp3) is 0.929. The number of amides is 1. The number of rotatable bonds is 2. The molecule has 1 amide bonds. The molecule has 0 bridgehead atoms. The van der Waals surface area contributed by atoms with E-state index >= 15 is 0 Å². The van der Waals surface area contributed by atoms with Crippen LogP contribution in [-0.2, 0) is 9.53 Å². The Hall–Kier alpha value is -0.570. The van der Waals surface area contributed by atoms with Gasteiger partial charge in [-0.2, -0.15) is 0 Å². The summed E-state index contributed by atoms with van der Waals surface area (Å²) in [4.78, 5) is 14.6. The van der Waals surface area contributed by atoms with E-state index in [4.69, 9.17) is 4.74 Å². The molecule has 2 aliphatic rings. The zero-order chi connectivity index (χ0) is 12.5. The summed E-state index contributed by atoms with van der Waals surface area (Å²) in [7, 11) is 0. The third-order valence-electron chi connectivity index (χ3n) is 4.89. The molecule has 2 aliphatic heterocycles. The maximum Gasteiger partial charge on any atom is 0.226 e. The Morgan fingerprint density at radius 2 is 2.06 bits per heavy atom. The van der Waals surface area contributed by atoms with Crippen LogP contribution >= 0.6 is 0 Å². The molecule has 0 aliphatic carbocycles. The molecule has 2 saturated heterocycles. The number of carbonyl (C=O) groups is 1. The summed E-state index contributed by atoms with van der Waals surface area (Å²) in [5, 5.41) is 0. The van der Waals surface area contributed by atoms with Gasteiger partial charge in [-0.3, -0.25) is 4.79 Å². The van der Waals surface area contributed by atoms with Gasteiger partial charge in [-0.15, -0.1) is 0 Å². The first-order valence-corrected chi connectivity index (χ1v) is 6.93. The van der Waals surface area contributed by atoms with Gasteiger partial charge in [0.15, 0.2) is 0 Å². The van der Waals surface area contributed by atoms with Crippen LogP contribution in [0.15, 0.2) is 0 Å². The quantitative estimate of drug-likeness (QED) is 0.741. The monoisotopic (exact) mass is 239 g/mol. The first-order valence-electron chi connectivity index (χ1n) is 6.93. The average Bonchev–Trinajstić information content (AvgIpc) is 2.74. The van der Waals surface area contributed by atoms with Gasteiger partial charge in [-0.25, -0.2) is 0 Å². The second-order valence-electron chi connectivity index (χ2n) is 6.01. The van der Waals surface area contributed by atoms with Crippen molar-refractivity contribution >= 4 is 5.91 Å². The third-order valence-corrected chi connectivity index (χ3v) is 4.89. The Morgan fingerprint density at radius 1 is 1.41 bits per heavy atom. The molecule has 17 heavy (non-hydrogen) atoms. The predicted molar refractivity (Wildman–Crippen MR) is 67.7 cm³/mol. The fourth-order valence-corrected chi connectivity index (χ4v) is 3.08. The summed E-state index contributed by atoms with van der Waals surface area (Å²) in [6.07, 6.45) is 4.36. The number of ether oxygens (including phenoxy) is 1. The van der Waals surface area contributed by atoms with E-state index in [2.05, 4.69) is 25.7 Å². The van der Waals surface area contributed by atoms with Gasteiger partial charge in [0, 0.05) is 31.7 Å². The number of nitrogens with zero attached hydrogens (tertiary/aromatic N) is 1. The molecule has 0 spiro atoms. The molecule has 2 heterocycles. The third kappa shape index (κ3) is 2.49. The van der Waals surface area contributed by atoms with E-state index in [-0.39, 0.29) is 11.3 Å². The van der Waals surface area contributed by atoms with Crippen LogP contribution in [-0.4, -0.2) is 36.6 Å². The van der Waals surface area contributed by atoms with Gasteiger partial charge in [0.1, 0.15) is 0 Å². The first-order chi connectivity index (χ1) is 8.04. The molecule has 0 aromatic rings. The van der Waals surface area contributed by atoms with Gasteiger partial charge in [-0.05, 0) is 38.0 Å². The SMILES string of the molecule is CC(C(=O)N1CCC[C@H]1C)C1(C)CCOCC1. The summed E-state index contributed by atoms with van der Waals surface area (Å²) in [6, 6.07) is 0.438. The Labute approximate surface area is 105 Å². The molecule has 0 saturated carbocycles. The number of hydrogen-bond donors (Lipinski definition) is 0. The van der Waals surface area contributed by atoms with Crippen molar-refractivity contribution in [1.82, 2.24) is 4.90 Å². The first kappa shape index (κ1) is 12.9. The van der Waals surface area contributed by atoms with Crippen LogP contribution in [0.25, 0.3) is 0 Å². The zero-order valence-electron chi connectivity index (χ0n) is 11.4. The highest BCUT2D eigenvalue weighted by Gasteiger charge is 2.40. The fourth-order valence-electron chi connectivity index (χ4n) is 3.08. The highest BCUT2D eigenvalue weighted by Crippen LogP contribution is 2.39. The van der Waals surface area contributed by atoms with E-state index in [0.717, 1.165) is 39.0 Å². The van der Waals surface area contributed by atoms with Gasteiger partial charge < -0.3 is 9.64 Å². The molecule has 3 nitrogen and oxygen atoms in total. The van der Waals surface area contributed by atoms with E-state index in [1.807, 2.05) is 0 Å². The topological polar surface area (TPSA) is 29.5 Å². The molecule has 0 radical (unpaired) electrons. The normalized spacial score (nSPS) is 30.3. The van der Waals surface area contributed by atoms with Gasteiger partial charge in [0.05, 0.1) is 0 Å². The minimum Gasteiger partial charge on any atom is -0.381 e. The standard InChI is InChI=1S/C14H25NO2/c1-11-5-4-8-15(11)13(16)12(2)14(3)6-9-17-10-7-14/h11-12H,4-10H2,1-3H3/t11-,12?/m1/s1. The molecular weight excluding hydrogens is 214 g/mol. The highest BCUT2D eigenvalue weighted by atomic mass is 16.5. The molecule has 2 rings (SSSR count). The molecular formula is C14H25NO2.